The van der Waals surface area contributed by atoms with Gasteiger partial charge in [-0.1, -0.05) is 55.8 Å². The summed E-state index contributed by atoms with van der Waals surface area (Å²) in [5.74, 6) is 1.81. The molecule has 0 bridgehead atoms. The van der Waals surface area contributed by atoms with Crippen LogP contribution in [-0.4, -0.2) is 17.1 Å². The number of hydrogen-bond donors (Lipinski definition) is 1. The van der Waals surface area contributed by atoms with Gasteiger partial charge in [-0.15, -0.1) is 0 Å². The molecule has 0 aliphatic heterocycles. The number of anilines is 2. The molecule has 3 rings (SSSR count). The van der Waals surface area contributed by atoms with E-state index in [1.165, 1.54) is 11.1 Å². The summed E-state index contributed by atoms with van der Waals surface area (Å²) in [4.78, 5) is 8.77. The Morgan fingerprint density at radius 1 is 0.920 bits per heavy atom. The van der Waals surface area contributed by atoms with Crippen LogP contribution in [0.5, 0.6) is 5.75 Å². The molecule has 0 aliphatic carbocycles. The van der Waals surface area contributed by atoms with Gasteiger partial charge in [-0.05, 0) is 30.5 Å². The van der Waals surface area contributed by atoms with Crippen molar-refractivity contribution in [2.45, 2.75) is 26.7 Å². The Labute approximate surface area is 148 Å². The number of nitrogens with zero attached hydrogens (tertiary/aromatic N) is 2. The number of benzene rings is 2. The third kappa shape index (κ3) is 3.79. The predicted molar refractivity (Wildman–Crippen MR) is 103 cm³/mol. The first-order valence-electron chi connectivity index (χ1n) is 8.41. The van der Waals surface area contributed by atoms with Gasteiger partial charge in [-0.25, -0.2) is 9.97 Å². The van der Waals surface area contributed by atoms with Crippen LogP contribution in [0.1, 0.15) is 30.9 Å². The van der Waals surface area contributed by atoms with Crippen molar-refractivity contribution >= 4 is 11.5 Å². The summed E-state index contributed by atoms with van der Waals surface area (Å²) in [5.41, 5.74) is 5.26. The molecule has 4 nitrogen and oxygen atoms in total. The molecule has 1 heterocycles. The highest BCUT2D eigenvalue weighted by molar-refractivity contribution is 5.75. The molecular formula is C21H23N3O. The van der Waals surface area contributed by atoms with Crippen LogP contribution in [0.3, 0.4) is 0 Å². The van der Waals surface area contributed by atoms with Crippen LogP contribution in [0, 0.1) is 6.92 Å². The molecule has 0 aliphatic rings. The monoisotopic (exact) mass is 333 g/mol. The number of hydrogen-bond acceptors (Lipinski definition) is 4. The second-order valence-electron chi connectivity index (χ2n) is 6.37. The SMILES string of the molecule is COc1c(Nc2ccc(C(C)C)cc2)ncnc1-c1ccc(C)cc1. The number of aromatic nitrogens is 2. The molecule has 0 fully saturated rings. The first kappa shape index (κ1) is 17.0. The van der Waals surface area contributed by atoms with Crippen LogP contribution in [0.2, 0.25) is 0 Å². The topological polar surface area (TPSA) is 47.0 Å². The summed E-state index contributed by atoms with van der Waals surface area (Å²) >= 11 is 0. The highest BCUT2D eigenvalue weighted by Crippen LogP contribution is 2.34. The van der Waals surface area contributed by atoms with Crippen LogP contribution < -0.4 is 10.1 Å². The van der Waals surface area contributed by atoms with E-state index in [9.17, 15) is 0 Å². The molecule has 2 aromatic carbocycles. The highest BCUT2D eigenvalue weighted by Gasteiger charge is 2.14. The van der Waals surface area contributed by atoms with Crippen LogP contribution in [0.25, 0.3) is 11.3 Å². The smallest absolute Gasteiger partial charge is 0.187 e. The van der Waals surface area contributed by atoms with Gasteiger partial charge in [0, 0.05) is 11.3 Å². The number of nitrogens with one attached hydrogen (secondary N) is 1. The van der Waals surface area contributed by atoms with E-state index in [1.54, 1.807) is 13.4 Å². The fourth-order valence-electron chi connectivity index (χ4n) is 2.66. The molecule has 0 saturated carbocycles. The van der Waals surface area contributed by atoms with Gasteiger partial charge in [0.1, 0.15) is 12.0 Å². The van der Waals surface area contributed by atoms with Crippen molar-refractivity contribution in [3.63, 3.8) is 0 Å². The van der Waals surface area contributed by atoms with Gasteiger partial charge in [-0.3, -0.25) is 0 Å². The maximum Gasteiger partial charge on any atom is 0.187 e. The standard InChI is InChI=1S/C21H23N3O/c1-14(2)16-9-11-18(12-10-16)24-21-20(25-4)19(22-13-23-21)17-7-5-15(3)6-8-17/h5-14H,1-4H3,(H,22,23,24). The lowest BCUT2D eigenvalue weighted by molar-refractivity contribution is 0.415. The zero-order valence-corrected chi connectivity index (χ0v) is 15.1. The van der Waals surface area contributed by atoms with E-state index in [1.807, 2.05) is 12.1 Å². The van der Waals surface area contributed by atoms with Crippen molar-refractivity contribution in [1.29, 1.82) is 0 Å². The Balaban J connectivity index is 1.94. The van der Waals surface area contributed by atoms with E-state index in [0.29, 0.717) is 17.5 Å². The third-order valence-corrected chi connectivity index (χ3v) is 4.17. The number of rotatable bonds is 5. The average molecular weight is 333 g/mol. The molecule has 0 atom stereocenters. The van der Waals surface area contributed by atoms with Gasteiger partial charge < -0.3 is 10.1 Å². The normalized spacial score (nSPS) is 10.8. The van der Waals surface area contributed by atoms with Gasteiger partial charge in [0.15, 0.2) is 11.6 Å². The van der Waals surface area contributed by atoms with Gasteiger partial charge in [0.25, 0.3) is 0 Å². The average Bonchev–Trinajstić information content (AvgIpc) is 2.62. The molecule has 0 spiro atoms. The second kappa shape index (κ2) is 7.34. The van der Waals surface area contributed by atoms with Crippen molar-refractivity contribution in [3.8, 4) is 17.0 Å². The molecule has 4 heteroatoms. The molecule has 0 unspecified atom stereocenters. The number of ether oxygens (including phenoxy) is 1. The summed E-state index contributed by atoms with van der Waals surface area (Å²) < 4.78 is 5.61. The Hall–Kier alpha value is -2.88. The van der Waals surface area contributed by atoms with Gasteiger partial charge in [-0.2, -0.15) is 0 Å². The molecule has 3 aromatic rings. The first-order valence-corrected chi connectivity index (χ1v) is 8.41. The molecular weight excluding hydrogens is 310 g/mol. The van der Waals surface area contributed by atoms with Crippen molar-refractivity contribution < 1.29 is 4.74 Å². The number of aryl methyl sites for hydroxylation is 1. The fourth-order valence-corrected chi connectivity index (χ4v) is 2.66. The second-order valence-corrected chi connectivity index (χ2v) is 6.37. The lowest BCUT2D eigenvalue weighted by Gasteiger charge is -2.14. The van der Waals surface area contributed by atoms with Crippen molar-refractivity contribution in [3.05, 3.63) is 66.0 Å². The van der Waals surface area contributed by atoms with Gasteiger partial charge >= 0.3 is 0 Å². The highest BCUT2D eigenvalue weighted by atomic mass is 16.5. The zero-order chi connectivity index (χ0) is 17.8. The maximum absolute atomic E-state index is 5.61. The Kier molecular flexibility index (Phi) is 4.98. The predicted octanol–water partition coefficient (Wildman–Crippen LogP) is 5.33. The van der Waals surface area contributed by atoms with Crippen molar-refractivity contribution in [2.75, 3.05) is 12.4 Å². The largest absolute Gasteiger partial charge is 0.491 e. The van der Waals surface area contributed by atoms with Crippen LogP contribution >= 0.6 is 0 Å². The minimum absolute atomic E-state index is 0.510. The molecule has 128 valence electrons. The van der Waals surface area contributed by atoms with E-state index in [4.69, 9.17) is 4.74 Å². The van der Waals surface area contributed by atoms with Crippen LogP contribution in [0.4, 0.5) is 11.5 Å². The summed E-state index contributed by atoms with van der Waals surface area (Å²) in [6.45, 7) is 6.43. The molecule has 1 aromatic heterocycles. The summed E-state index contributed by atoms with van der Waals surface area (Å²) in [7, 11) is 1.64. The van der Waals surface area contributed by atoms with Crippen LogP contribution in [-0.2, 0) is 0 Å². The van der Waals surface area contributed by atoms with Crippen molar-refractivity contribution in [1.82, 2.24) is 9.97 Å². The van der Waals surface area contributed by atoms with E-state index in [0.717, 1.165) is 16.9 Å². The Bertz CT molecular complexity index is 840. The maximum atomic E-state index is 5.61. The zero-order valence-electron chi connectivity index (χ0n) is 15.1. The Morgan fingerprint density at radius 3 is 2.20 bits per heavy atom. The minimum atomic E-state index is 0.510. The molecule has 25 heavy (non-hydrogen) atoms. The summed E-state index contributed by atoms with van der Waals surface area (Å²) in [6.07, 6.45) is 1.56. The number of methoxy groups -OCH3 is 1. The van der Waals surface area contributed by atoms with Crippen molar-refractivity contribution in [2.24, 2.45) is 0 Å². The van der Waals surface area contributed by atoms with E-state index in [2.05, 4.69) is 72.5 Å². The molecule has 0 radical (unpaired) electrons. The van der Waals surface area contributed by atoms with Crippen LogP contribution in [0.15, 0.2) is 54.9 Å². The first-order chi connectivity index (χ1) is 12.1. The van der Waals surface area contributed by atoms with E-state index in [-0.39, 0.29) is 0 Å². The fraction of sp³-hybridized carbons (Fsp3) is 0.238. The summed E-state index contributed by atoms with van der Waals surface area (Å²) in [6, 6.07) is 16.6. The van der Waals surface area contributed by atoms with Gasteiger partial charge in [0.2, 0.25) is 0 Å². The molecule has 1 N–H and O–H groups in total. The minimum Gasteiger partial charge on any atom is -0.491 e. The lowest BCUT2D eigenvalue weighted by atomic mass is 10.0. The van der Waals surface area contributed by atoms with E-state index < -0.39 is 0 Å². The molecule has 0 saturated heterocycles. The summed E-state index contributed by atoms with van der Waals surface area (Å²) in [5, 5.41) is 3.34. The third-order valence-electron chi connectivity index (χ3n) is 4.17. The van der Waals surface area contributed by atoms with Gasteiger partial charge in [0.05, 0.1) is 7.11 Å². The Morgan fingerprint density at radius 2 is 1.60 bits per heavy atom. The quantitative estimate of drug-likeness (QED) is 0.686. The lowest BCUT2D eigenvalue weighted by Crippen LogP contribution is -2.01. The molecule has 0 amide bonds. The van der Waals surface area contributed by atoms with E-state index >= 15 is 0 Å².